The third-order valence-electron chi connectivity index (χ3n) is 3.42. The fourth-order valence-electron chi connectivity index (χ4n) is 2.31. The molecule has 112 valence electrons. The minimum Gasteiger partial charge on any atom is -0.356 e. The Hall–Kier alpha value is -0.700. The highest BCUT2D eigenvalue weighted by Crippen LogP contribution is 2.18. The summed E-state index contributed by atoms with van der Waals surface area (Å²) in [5.74, 6) is 0.145. The summed E-state index contributed by atoms with van der Waals surface area (Å²) in [7, 11) is 3.24. The summed E-state index contributed by atoms with van der Waals surface area (Å²) < 4.78 is 10.5. The molecule has 0 aliphatic carbocycles. The van der Waals surface area contributed by atoms with Crippen molar-refractivity contribution in [3.63, 3.8) is 0 Å². The van der Waals surface area contributed by atoms with Crippen LogP contribution in [0.15, 0.2) is 4.99 Å². The summed E-state index contributed by atoms with van der Waals surface area (Å²) in [6.07, 6.45) is 11.2. The summed E-state index contributed by atoms with van der Waals surface area (Å²) in [6, 6.07) is 0. The van der Waals surface area contributed by atoms with E-state index in [1.54, 1.807) is 20.3 Å². The van der Waals surface area contributed by atoms with Crippen LogP contribution in [0.3, 0.4) is 0 Å². The summed E-state index contributed by atoms with van der Waals surface area (Å²) in [6.45, 7) is 2.67. The van der Waals surface area contributed by atoms with Crippen molar-refractivity contribution in [1.29, 1.82) is 0 Å². The molecule has 4 nitrogen and oxygen atoms in total. The van der Waals surface area contributed by atoms with Gasteiger partial charge in [0.15, 0.2) is 6.29 Å². The van der Waals surface area contributed by atoms with E-state index < -0.39 is 0 Å². The van der Waals surface area contributed by atoms with E-state index in [0.717, 1.165) is 12.8 Å². The van der Waals surface area contributed by atoms with Gasteiger partial charge in [0.25, 0.3) is 0 Å². The first-order valence-electron chi connectivity index (χ1n) is 7.39. The molecule has 0 radical (unpaired) electrons. The molecule has 0 saturated heterocycles. The lowest BCUT2D eigenvalue weighted by atomic mass is 9.99. The van der Waals surface area contributed by atoms with Gasteiger partial charge < -0.3 is 9.47 Å². The second kappa shape index (κ2) is 13.7. The van der Waals surface area contributed by atoms with Crippen LogP contribution in [0.1, 0.15) is 58.3 Å². The van der Waals surface area contributed by atoms with E-state index in [1.807, 2.05) is 0 Å². The molecule has 0 amide bonds. The average Bonchev–Trinajstić information content (AvgIpc) is 2.44. The molecule has 0 bridgehead atoms. The quantitative estimate of drug-likeness (QED) is 0.222. The maximum absolute atomic E-state index is 10.2. The molecular formula is C15H29NO3. The minimum atomic E-state index is -0.280. The molecule has 0 aliphatic heterocycles. The molecule has 0 saturated carbocycles. The molecule has 0 fully saturated rings. The Kier molecular flexibility index (Phi) is 13.2. The first-order valence-corrected chi connectivity index (χ1v) is 7.39. The summed E-state index contributed by atoms with van der Waals surface area (Å²) in [5.41, 5.74) is 0. The Labute approximate surface area is 117 Å². The Morgan fingerprint density at radius 2 is 1.58 bits per heavy atom. The van der Waals surface area contributed by atoms with Crippen LogP contribution in [-0.4, -0.2) is 33.1 Å². The van der Waals surface area contributed by atoms with E-state index in [1.165, 1.54) is 38.5 Å². The van der Waals surface area contributed by atoms with Gasteiger partial charge in [-0.2, -0.15) is 0 Å². The molecular weight excluding hydrogens is 242 g/mol. The molecule has 0 aromatic rings. The van der Waals surface area contributed by atoms with E-state index in [9.17, 15) is 4.79 Å². The number of hydrogen-bond acceptors (Lipinski definition) is 4. The number of ether oxygens (including phenoxy) is 2. The molecule has 0 aliphatic rings. The molecule has 0 rings (SSSR count). The molecule has 4 heteroatoms. The molecule has 1 atom stereocenters. The van der Waals surface area contributed by atoms with Crippen molar-refractivity contribution >= 4 is 6.08 Å². The van der Waals surface area contributed by atoms with Crippen molar-refractivity contribution in [2.24, 2.45) is 10.9 Å². The third-order valence-corrected chi connectivity index (χ3v) is 3.42. The number of carbonyl (C=O) groups excluding carboxylic acids is 1. The Bertz CT molecular complexity index is 236. The highest BCUT2D eigenvalue weighted by Gasteiger charge is 2.20. The van der Waals surface area contributed by atoms with E-state index in [2.05, 4.69) is 11.9 Å². The monoisotopic (exact) mass is 271 g/mol. The zero-order chi connectivity index (χ0) is 14.3. The second-order valence-corrected chi connectivity index (χ2v) is 4.94. The Morgan fingerprint density at radius 3 is 2.11 bits per heavy atom. The van der Waals surface area contributed by atoms with Gasteiger partial charge in [-0.15, -0.1) is 0 Å². The molecule has 0 N–H and O–H groups in total. The van der Waals surface area contributed by atoms with Gasteiger partial charge in [0.1, 0.15) is 0 Å². The van der Waals surface area contributed by atoms with Crippen molar-refractivity contribution in [3.8, 4) is 0 Å². The second-order valence-electron chi connectivity index (χ2n) is 4.94. The van der Waals surface area contributed by atoms with Gasteiger partial charge >= 0.3 is 0 Å². The van der Waals surface area contributed by atoms with Crippen molar-refractivity contribution in [2.75, 3.05) is 20.8 Å². The van der Waals surface area contributed by atoms with Crippen molar-refractivity contribution < 1.29 is 14.3 Å². The van der Waals surface area contributed by atoms with E-state index in [0.29, 0.717) is 6.54 Å². The van der Waals surface area contributed by atoms with Gasteiger partial charge in [-0.25, -0.2) is 9.79 Å². The highest BCUT2D eigenvalue weighted by atomic mass is 16.7. The van der Waals surface area contributed by atoms with Crippen LogP contribution in [0.4, 0.5) is 0 Å². The van der Waals surface area contributed by atoms with Gasteiger partial charge in [-0.05, 0) is 6.42 Å². The third kappa shape index (κ3) is 9.83. The zero-order valence-electron chi connectivity index (χ0n) is 12.7. The average molecular weight is 271 g/mol. The number of methoxy groups -OCH3 is 2. The van der Waals surface area contributed by atoms with Crippen LogP contribution in [-0.2, 0) is 14.3 Å². The van der Waals surface area contributed by atoms with Crippen LogP contribution in [0.25, 0.3) is 0 Å². The SMILES string of the molecule is CCCCCCCCCC(CN=C=O)C(OC)OC. The molecule has 19 heavy (non-hydrogen) atoms. The first kappa shape index (κ1) is 18.3. The standard InChI is InChI=1S/C15H29NO3/c1-4-5-6-7-8-9-10-11-14(12-16-13-17)15(18-2)19-3/h14-15H,4-12H2,1-3H3. The lowest BCUT2D eigenvalue weighted by Gasteiger charge is -2.22. The van der Waals surface area contributed by atoms with Crippen molar-refractivity contribution in [2.45, 2.75) is 64.6 Å². The molecule has 0 aromatic carbocycles. The molecule has 0 aromatic heterocycles. The fraction of sp³-hybridized carbons (Fsp3) is 0.933. The molecule has 0 heterocycles. The predicted molar refractivity (Wildman–Crippen MR) is 76.9 cm³/mol. The molecule has 1 unspecified atom stereocenters. The molecule has 0 spiro atoms. The van der Waals surface area contributed by atoms with Gasteiger partial charge in [-0.3, -0.25) is 0 Å². The lowest BCUT2D eigenvalue weighted by Crippen LogP contribution is -2.27. The zero-order valence-corrected chi connectivity index (χ0v) is 12.7. The van der Waals surface area contributed by atoms with E-state index >= 15 is 0 Å². The van der Waals surface area contributed by atoms with Crippen LogP contribution in [0, 0.1) is 5.92 Å². The lowest BCUT2D eigenvalue weighted by molar-refractivity contribution is -0.136. The first-order chi connectivity index (χ1) is 9.29. The van der Waals surface area contributed by atoms with Crippen LogP contribution in [0.2, 0.25) is 0 Å². The minimum absolute atomic E-state index is 0.145. The summed E-state index contributed by atoms with van der Waals surface area (Å²) in [4.78, 5) is 13.9. The Morgan fingerprint density at radius 1 is 1.00 bits per heavy atom. The van der Waals surface area contributed by atoms with Gasteiger partial charge in [-0.1, -0.05) is 51.9 Å². The number of nitrogens with zero attached hydrogens (tertiary/aromatic N) is 1. The van der Waals surface area contributed by atoms with Gasteiger partial charge in [0.05, 0.1) is 6.54 Å². The number of rotatable bonds is 13. The number of aliphatic imine (C=N–C) groups is 1. The van der Waals surface area contributed by atoms with Gasteiger partial charge in [0, 0.05) is 20.1 Å². The smallest absolute Gasteiger partial charge is 0.234 e. The van der Waals surface area contributed by atoms with Crippen molar-refractivity contribution in [1.82, 2.24) is 0 Å². The van der Waals surface area contributed by atoms with Crippen molar-refractivity contribution in [3.05, 3.63) is 0 Å². The maximum Gasteiger partial charge on any atom is 0.234 e. The van der Waals surface area contributed by atoms with Gasteiger partial charge in [0.2, 0.25) is 6.08 Å². The number of isocyanates is 1. The summed E-state index contributed by atoms with van der Waals surface area (Å²) >= 11 is 0. The predicted octanol–water partition coefficient (Wildman–Crippen LogP) is 3.70. The number of unbranched alkanes of at least 4 members (excludes halogenated alkanes) is 6. The van der Waals surface area contributed by atoms with Crippen LogP contribution in [0.5, 0.6) is 0 Å². The highest BCUT2D eigenvalue weighted by molar-refractivity contribution is 5.32. The number of hydrogen-bond donors (Lipinski definition) is 0. The van der Waals surface area contributed by atoms with Crippen LogP contribution >= 0.6 is 0 Å². The fourth-order valence-corrected chi connectivity index (χ4v) is 2.31. The largest absolute Gasteiger partial charge is 0.356 e. The van der Waals surface area contributed by atoms with Crippen LogP contribution < -0.4 is 0 Å². The van der Waals surface area contributed by atoms with E-state index in [4.69, 9.17) is 9.47 Å². The normalized spacial score (nSPS) is 12.4. The maximum atomic E-state index is 10.2. The van der Waals surface area contributed by atoms with E-state index in [-0.39, 0.29) is 12.2 Å². The Balaban J connectivity index is 3.82. The topological polar surface area (TPSA) is 47.9 Å². The summed E-state index contributed by atoms with van der Waals surface area (Å²) in [5, 5.41) is 0.